The van der Waals surface area contributed by atoms with Crippen molar-refractivity contribution >= 4 is 17.7 Å². The van der Waals surface area contributed by atoms with Crippen LogP contribution in [0.15, 0.2) is 9.95 Å². The molecule has 0 aliphatic rings. The van der Waals surface area contributed by atoms with E-state index < -0.39 is 11.5 Å². The molecule has 0 bridgehead atoms. The molecule has 1 rings (SSSR count). The van der Waals surface area contributed by atoms with Crippen LogP contribution in [0.1, 0.15) is 39.5 Å². The highest BCUT2D eigenvalue weighted by Gasteiger charge is 2.34. The number of nitrogens with one attached hydrogen (secondary N) is 2. The monoisotopic (exact) mass is 316 g/mol. The topological polar surface area (TPSA) is 100 Å². The van der Waals surface area contributed by atoms with E-state index in [9.17, 15) is 14.7 Å². The standard InChI is InChI=1S/C13H24N4O3S/c1-4-8-17-11(20)15-16-12(17)21-9-6-7-13(5-2,14-3)10(18)19/h14H,4-9H2,1-3H3,(H,15,20)(H,18,19). The molecule has 1 aromatic heterocycles. The van der Waals surface area contributed by atoms with Crippen LogP contribution in [-0.4, -0.2) is 44.2 Å². The fourth-order valence-corrected chi connectivity index (χ4v) is 3.13. The summed E-state index contributed by atoms with van der Waals surface area (Å²) in [5, 5.41) is 19.4. The molecule has 1 aromatic rings. The number of carboxylic acid groups (broad SMARTS) is 1. The summed E-state index contributed by atoms with van der Waals surface area (Å²) >= 11 is 1.48. The Bertz CT molecular complexity index is 508. The Morgan fingerprint density at radius 3 is 2.76 bits per heavy atom. The maximum absolute atomic E-state index is 11.5. The van der Waals surface area contributed by atoms with Crippen molar-refractivity contribution in [3.63, 3.8) is 0 Å². The summed E-state index contributed by atoms with van der Waals surface area (Å²) in [6.45, 7) is 4.51. The van der Waals surface area contributed by atoms with E-state index in [1.54, 1.807) is 11.6 Å². The summed E-state index contributed by atoms with van der Waals surface area (Å²) in [6.07, 6.45) is 2.68. The minimum Gasteiger partial charge on any atom is -0.480 e. The lowest BCUT2D eigenvalue weighted by atomic mass is 9.91. The van der Waals surface area contributed by atoms with E-state index >= 15 is 0 Å². The van der Waals surface area contributed by atoms with Gasteiger partial charge in [0, 0.05) is 12.3 Å². The first-order valence-corrected chi connectivity index (χ1v) is 8.19. The maximum atomic E-state index is 11.5. The third kappa shape index (κ3) is 4.34. The molecule has 8 heteroatoms. The zero-order valence-corrected chi connectivity index (χ0v) is 13.6. The Morgan fingerprint density at radius 1 is 1.52 bits per heavy atom. The van der Waals surface area contributed by atoms with Crippen LogP contribution in [0, 0.1) is 0 Å². The van der Waals surface area contributed by atoms with Gasteiger partial charge in [-0.3, -0.25) is 9.36 Å². The number of hydrogen-bond acceptors (Lipinski definition) is 5. The molecule has 0 spiro atoms. The van der Waals surface area contributed by atoms with Gasteiger partial charge in [-0.25, -0.2) is 9.89 Å². The van der Waals surface area contributed by atoms with Crippen molar-refractivity contribution < 1.29 is 9.90 Å². The molecule has 0 amide bonds. The molecular formula is C13H24N4O3S. The summed E-state index contributed by atoms with van der Waals surface area (Å²) in [4.78, 5) is 22.9. The van der Waals surface area contributed by atoms with Gasteiger partial charge in [-0.15, -0.1) is 5.10 Å². The Balaban J connectivity index is 2.54. The van der Waals surface area contributed by atoms with Crippen molar-refractivity contribution in [2.75, 3.05) is 12.8 Å². The van der Waals surface area contributed by atoms with Gasteiger partial charge in [-0.2, -0.15) is 0 Å². The van der Waals surface area contributed by atoms with Gasteiger partial charge in [0.2, 0.25) is 0 Å². The van der Waals surface area contributed by atoms with Gasteiger partial charge < -0.3 is 10.4 Å². The van der Waals surface area contributed by atoms with Crippen LogP contribution in [-0.2, 0) is 11.3 Å². The average Bonchev–Trinajstić information content (AvgIpc) is 2.81. The molecule has 1 unspecified atom stereocenters. The van der Waals surface area contributed by atoms with Gasteiger partial charge >= 0.3 is 11.7 Å². The normalized spacial score (nSPS) is 14.0. The second-order valence-corrected chi connectivity index (χ2v) is 5.97. The minimum absolute atomic E-state index is 0.192. The molecule has 0 aromatic carbocycles. The number of aromatic amines is 1. The first-order chi connectivity index (χ1) is 10.0. The van der Waals surface area contributed by atoms with Gasteiger partial charge in [-0.05, 0) is 32.7 Å². The average molecular weight is 316 g/mol. The lowest BCUT2D eigenvalue weighted by Crippen LogP contribution is -2.49. The maximum Gasteiger partial charge on any atom is 0.343 e. The van der Waals surface area contributed by atoms with Crippen LogP contribution in [0.3, 0.4) is 0 Å². The molecule has 0 aliphatic heterocycles. The van der Waals surface area contributed by atoms with E-state index in [1.807, 2.05) is 13.8 Å². The summed E-state index contributed by atoms with van der Waals surface area (Å²) in [5.41, 5.74) is -1.06. The minimum atomic E-state index is -0.866. The quantitative estimate of drug-likeness (QED) is 0.444. The number of hydrogen-bond donors (Lipinski definition) is 3. The van der Waals surface area contributed by atoms with Crippen LogP contribution in [0.4, 0.5) is 0 Å². The third-order valence-electron chi connectivity index (χ3n) is 3.64. The second-order valence-electron chi connectivity index (χ2n) is 4.91. The highest BCUT2D eigenvalue weighted by Crippen LogP contribution is 2.21. The number of carbonyl (C=O) groups is 1. The number of rotatable bonds is 10. The van der Waals surface area contributed by atoms with Crippen LogP contribution >= 0.6 is 11.8 Å². The first-order valence-electron chi connectivity index (χ1n) is 7.21. The zero-order chi connectivity index (χ0) is 15.9. The Kier molecular flexibility index (Phi) is 6.97. The predicted octanol–water partition coefficient (Wildman–Crippen LogP) is 1.31. The molecule has 0 fully saturated rings. The summed E-state index contributed by atoms with van der Waals surface area (Å²) in [5.74, 6) is -0.0924. The van der Waals surface area contributed by atoms with Crippen molar-refractivity contribution in [3.8, 4) is 0 Å². The molecule has 7 nitrogen and oxygen atoms in total. The molecule has 120 valence electrons. The molecule has 0 saturated heterocycles. The Morgan fingerprint density at radius 2 is 2.24 bits per heavy atom. The van der Waals surface area contributed by atoms with Gasteiger partial charge in [-0.1, -0.05) is 25.6 Å². The van der Waals surface area contributed by atoms with E-state index in [4.69, 9.17) is 0 Å². The molecule has 1 atom stereocenters. The molecule has 3 N–H and O–H groups in total. The van der Waals surface area contributed by atoms with Crippen molar-refractivity contribution in [1.29, 1.82) is 0 Å². The summed E-state index contributed by atoms with van der Waals surface area (Å²) in [6, 6.07) is 0. The van der Waals surface area contributed by atoms with Crippen LogP contribution < -0.4 is 11.0 Å². The number of likely N-dealkylation sites (N-methyl/N-ethyl adjacent to an activating group) is 1. The number of aliphatic carboxylic acids is 1. The molecule has 0 aliphatic carbocycles. The van der Waals surface area contributed by atoms with Crippen LogP contribution in [0.2, 0.25) is 0 Å². The van der Waals surface area contributed by atoms with Gasteiger partial charge in [0.15, 0.2) is 5.16 Å². The molecular weight excluding hydrogens is 292 g/mol. The van der Waals surface area contributed by atoms with E-state index in [-0.39, 0.29) is 5.69 Å². The molecule has 21 heavy (non-hydrogen) atoms. The molecule has 0 saturated carbocycles. The van der Waals surface area contributed by atoms with Gasteiger partial charge in [0.05, 0.1) is 0 Å². The number of thioether (sulfide) groups is 1. The summed E-state index contributed by atoms with van der Waals surface area (Å²) in [7, 11) is 1.68. The van der Waals surface area contributed by atoms with Crippen molar-refractivity contribution in [2.24, 2.45) is 0 Å². The van der Waals surface area contributed by atoms with E-state index in [0.29, 0.717) is 24.5 Å². The predicted molar refractivity (Wildman–Crippen MR) is 82.8 cm³/mol. The van der Waals surface area contributed by atoms with Gasteiger partial charge in [0.25, 0.3) is 0 Å². The molecule has 1 heterocycles. The number of H-pyrrole nitrogens is 1. The fourth-order valence-electron chi connectivity index (χ4n) is 2.22. The van der Waals surface area contributed by atoms with Crippen molar-refractivity contribution in [3.05, 3.63) is 10.5 Å². The Hall–Kier alpha value is -1.28. The number of aromatic nitrogens is 3. The largest absolute Gasteiger partial charge is 0.480 e. The first kappa shape index (κ1) is 17.8. The van der Waals surface area contributed by atoms with E-state index in [0.717, 1.165) is 18.6 Å². The fraction of sp³-hybridized carbons (Fsp3) is 0.769. The Labute approximate surface area is 128 Å². The molecule has 0 radical (unpaired) electrons. The summed E-state index contributed by atoms with van der Waals surface area (Å²) < 4.78 is 1.62. The van der Waals surface area contributed by atoms with E-state index in [2.05, 4.69) is 15.5 Å². The highest BCUT2D eigenvalue weighted by atomic mass is 32.2. The second kappa shape index (κ2) is 8.23. The van der Waals surface area contributed by atoms with Crippen LogP contribution in [0.25, 0.3) is 0 Å². The van der Waals surface area contributed by atoms with Crippen molar-refractivity contribution in [1.82, 2.24) is 20.1 Å². The van der Waals surface area contributed by atoms with E-state index in [1.165, 1.54) is 11.8 Å². The SMILES string of the molecule is CCCn1c(SCCCC(CC)(NC)C(=O)O)n[nH]c1=O. The lowest BCUT2D eigenvalue weighted by molar-refractivity contribution is -0.145. The number of nitrogens with zero attached hydrogens (tertiary/aromatic N) is 2. The van der Waals surface area contributed by atoms with Gasteiger partial charge in [0.1, 0.15) is 5.54 Å². The number of carboxylic acids is 1. The lowest BCUT2D eigenvalue weighted by Gasteiger charge is -2.27. The van der Waals surface area contributed by atoms with Crippen molar-refractivity contribution in [2.45, 2.75) is 56.8 Å². The smallest absolute Gasteiger partial charge is 0.343 e. The van der Waals surface area contributed by atoms with Crippen LogP contribution in [0.5, 0.6) is 0 Å². The highest BCUT2D eigenvalue weighted by molar-refractivity contribution is 7.99. The third-order valence-corrected chi connectivity index (χ3v) is 4.70. The zero-order valence-electron chi connectivity index (χ0n) is 12.8.